The van der Waals surface area contributed by atoms with Crippen molar-refractivity contribution in [3.63, 3.8) is 0 Å². The molecule has 2 aromatic heterocycles. The number of aryl methyl sites for hydroxylation is 3. The van der Waals surface area contributed by atoms with Crippen molar-refractivity contribution in [1.82, 2.24) is 9.47 Å². The highest BCUT2D eigenvalue weighted by Crippen LogP contribution is 2.35. The van der Waals surface area contributed by atoms with Gasteiger partial charge in [0.2, 0.25) is 5.76 Å². The molecule has 1 aromatic carbocycles. The number of rotatable bonds is 5. The Hall–Kier alpha value is -3.52. The first kappa shape index (κ1) is 22.7. The summed E-state index contributed by atoms with van der Waals surface area (Å²) in [5.74, 6) is -0.660. The number of methoxy groups -OCH3 is 1. The van der Waals surface area contributed by atoms with Gasteiger partial charge >= 0.3 is 5.97 Å². The van der Waals surface area contributed by atoms with Gasteiger partial charge in [0.1, 0.15) is 5.76 Å². The van der Waals surface area contributed by atoms with Crippen molar-refractivity contribution in [2.24, 2.45) is 0 Å². The van der Waals surface area contributed by atoms with Crippen LogP contribution >= 0.6 is 11.8 Å². The summed E-state index contributed by atoms with van der Waals surface area (Å²) in [6.07, 6.45) is 1.76. The van der Waals surface area contributed by atoms with E-state index in [1.54, 1.807) is 12.1 Å². The number of hydrogen-bond acceptors (Lipinski definition) is 6. The maximum absolute atomic E-state index is 13.0. The molecule has 3 aromatic rings. The second kappa shape index (κ2) is 8.78. The molecule has 0 spiro atoms. The molecule has 1 fully saturated rings. The Balaban J connectivity index is 1.59. The van der Waals surface area contributed by atoms with Gasteiger partial charge in [-0.15, -0.1) is 0 Å². The van der Waals surface area contributed by atoms with Crippen molar-refractivity contribution in [2.45, 2.75) is 34.2 Å². The predicted molar refractivity (Wildman–Crippen MR) is 126 cm³/mol. The van der Waals surface area contributed by atoms with E-state index >= 15 is 0 Å². The van der Waals surface area contributed by atoms with Crippen LogP contribution in [0.2, 0.25) is 0 Å². The Morgan fingerprint density at radius 1 is 1.06 bits per heavy atom. The molecule has 1 aliphatic rings. The van der Waals surface area contributed by atoms with E-state index in [-0.39, 0.29) is 17.5 Å². The normalized spacial score (nSPS) is 15.1. The summed E-state index contributed by atoms with van der Waals surface area (Å²) < 4.78 is 12.2. The van der Waals surface area contributed by atoms with Crippen molar-refractivity contribution < 1.29 is 23.5 Å². The minimum absolute atomic E-state index is 0.0220. The third-order valence-corrected chi connectivity index (χ3v) is 6.65. The lowest BCUT2D eigenvalue weighted by Gasteiger charge is -2.12. The molecule has 0 N–H and O–H groups in total. The molecule has 7 nitrogen and oxygen atoms in total. The van der Waals surface area contributed by atoms with Gasteiger partial charge in [-0.2, -0.15) is 0 Å². The Bertz CT molecular complexity index is 1310. The Kier molecular flexibility index (Phi) is 6.03. The lowest BCUT2D eigenvalue weighted by Crippen LogP contribution is -2.27. The van der Waals surface area contributed by atoms with Crippen LogP contribution in [0, 0.1) is 27.7 Å². The highest BCUT2D eigenvalue weighted by molar-refractivity contribution is 8.18. The molecular formula is C25H24N2O5S. The minimum atomic E-state index is -0.616. The van der Waals surface area contributed by atoms with Gasteiger partial charge in [0, 0.05) is 17.1 Å². The standard InChI is InChI=1S/C25H24N2O5S/c1-14-6-7-19(10-15(14)2)27-16(3)11-18(17(27)4)12-22-23(28)26(25(30)33-22)13-20-8-9-21(32-20)24(29)31-5/h6-12H,13H2,1-5H3/b22-12+. The molecule has 8 heteroatoms. The summed E-state index contributed by atoms with van der Waals surface area (Å²) in [7, 11) is 1.25. The monoisotopic (exact) mass is 464 g/mol. The van der Waals surface area contributed by atoms with E-state index in [1.165, 1.54) is 24.3 Å². The molecule has 170 valence electrons. The van der Waals surface area contributed by atoms with Crippen LogP contribution in [0.1, 0.15) is 44.4 Å². The fraction of sp³-hybridized carbons (Fsp3) is 0.240. The number of furan rings is 1. The fourth-order valence-electron chi connectivity index (χ4n) is 3.80. The van der Waals surface area contributed by atoms with Gasteiger partial charge in [0.25, 0.3) is 11.1 Å². The number of thioether (sulfide) groups is 1. The van der Waals surface area contributed by atoms with Gasteiger partial charge in [-0.05, 0) is 92.6 Å². The molecule has 0 radical (unpaired) electrons. The molecule has 0 unspecified atom stereocenters. The zero-order valence-corrected chi connectivity index (χ0v) is 19.9. The van der Waals surface area contributed by atoms with Crippen molar-refractivity contribution in [2.75, 3.05) is 7.11 Å². The number of esters is 1. The van der Waals surface area contributed by atoms with E-state index in [1.807, 2.05) is 19.9 Å². The molecule has 4 rings (SSSR count). The summed E-state index contributed by atoms with van der Waals surface area (Å²) in [6.45, 7) is 8.11. The van der Waals surface area contributed by atoms with E-state index < -0.39 is 11.9 Å². The number of benzene rings is 1. The summed E-state index contributed by atoms with van der Waals surface area (Å²) in [5, 5.41) is -0.384. The van der Waals surface area contributed by atoms with Crippen LogP contribution in [-0.4, -0.2) is 33.7 Å². The number of ether oxygens (including phenoxy) is 1. The molecule has 1 saturated heterocycles. The number of carbonyl (C=O) groups excluding carboxylic acids is 3. The third-order valence-electron chi connectivity index (χ3n) is 5.74. The maximum Gasteiger partial charge on any atom is 0.373 e. The molecule has 3 heterocycles. The lowest BCUT2D eigenvalue weighted by atomic mass is 10.1. The predicted octanol–water partition coefficient (Wildman–Crippen LogP) is 5.33. The van der Waals surface area contributed by atoms with Gasteiger partial charge in [-0.1, -0.05) is 6.07 Å². The molecule has 2 amide bonds. The van der Waals surface area contributed by atoms with Gasteiger partial charge in [0.05, 0.1) is 18.6 Å². The van der Waals surface area contributed by atoms with E-state index in [0.717, 1.165) is 39.3 Å². The molecule has 0 bridgehead atoms. The third kappa shape index (κ3) is 4.26. The van der Waals surface area contributed by atoms with Crippen LogP contribution in [0.25, 0.3) is 11.8 Å². The molecule has 33 heavy (non-hydrogen) atoms. The number of imide groups is 1. The second-order valence-corrected chi connectivity index (χ2v) is 8.95. The second-order valence-electron chi connectivity index (χ2n) is 7.96. The Morgan fingerprint density at radius 2 is 1.82 bits per heavy atom. The van der Waals surface area contributed by atoms with Crippen LogP contribution in [0.5, 0.6) is 0 Å². The zero-order chi connectivity index (χ0) is 23.9. The smallest absolute Gasteiger partial charge is 0.373 e. The number of aromatic nitrogens is 1. The number of nitrogens with zero attached hydrogens (tertiary/aromatic N) is 2. The Labute approximate surface area is 196 Å². The first-order chi connectivity index (χ1) is 15.7. The van der Waals surface area contributed by atoms with Crippen LogP contribution in [0.4, 0.5) is 4.79 Å². The van der Waals surface area contributed by atoms with Gasteiger partial charge < -0.3 is 13.7 Å². The summed E-state index contributed by atoms with van der Waals surface area (Å²) in [6, 6.07) is 11.3. The van der Waals surface area contributed by atoms with Crippen molar-refractivity contribution in [3.8, 4) is 5.69 Å². The van der Waals surface area contributed by atoms with Crippen molar-refractivity contribution in [3.05, 3.63) is 80.9 Å². The quantitative estimate of drug-likeness (QED) is 0.375. The van der Waals surface area contributed by atoms with E-state index in [9.17, 15) is 14.4 Å². The first-order valence-corrected chi connectivity index (χ1v) is 11.2. The summed E-state index contributed by atoms with van der Waals surface area (Å²) in [5.41, 5.74) is 6.38. The number of hydrogen-bond donors (Lipinski definition) is 0. The molecule has 0 atom stereocenters. The van der Waals surface area contributed by atoms with Crippen molar-refractivity contribution >= 4 is 35.0 Å². The molecule has 0 saturated carbocycles. The number of amides is 2. The highest BCUT2D eigenvalue weighted by atomic mass is 32.2. The molecule has 0 aliphatic carbocycles. The highest BCUT2D eigenvalue weighted by Gasteiger charge is 2.36. The summed E-state index contributed by atoms with van der Waals surface area (Å²) >= 11 is 0.894. The lowest BCUT2D eigenvalue weighted by molar-refractivity contribution is -0.123. The zero-order valence-electron chi connectivity index (χ0n) is 19.1. The van der Waals surface area contributed by atoms with Crippen LogP contribution < -0.4 is 0 Å². The van der Waals surface area contributed by atoms with Gasteiger partial charge in [-0.3, -0.25) is 14.5 Å². The van der Waals surface area contributed by atoms with Crippen LogP contribution in [0.3, 0.4) is 0 Å². The van der Waals surface area contributed by atoms with E-state index in [0.29, 0.717) is 10.7 Å². The van der Waals surface area contributed by atoms with Crippen LogP contribution in [-0.2, 0) is 16.1 Å². The van der Waals surface area contributed by atoms with Gasteiger partial charge in [0.15, 0.2) is 0 Å². The van der Waals surface area contributed by atoms with E-state index in [2.05, 4.69) is 41.4 Å². The first-order valence-electron chi connectivity index (χ1n) is 10.4. The van der Waals surface area contributed by atoms with Crippen LogP contribution in [0.15, 0.2) is 45.7 Å². The maximum atomic E-state index is 13.0. The number of carbonyl (C=O) groups is 3. The summed E-state index contributed by atoms with van der Waals surface area (Å²) in [4.78, 5) is 38.5. The average molecular weight is 465 g/mol. The Morgan fingerprint density at radius 3 is 2.52 bits per heavy atom. The average Bonchev–Trinajstić information content (AvgIpc) is 3.43. The minimum Gasteiger partial charge on any atom is -0.463 e. The molecular weight excluding hydrogens is 440 g/mol. The van der Waals surface area contributed by atoms with E-state index in [4.69, 9.17) is 4.42 Å². The SMILES string of the molecule is COC(=O)c1ccc(CN2C(=O)S/C(=C/c3cc(C)n(-c4ccc(C)c(C)c4)c3C)C2=O)o1. The fourth-order valence-corrected chi connectivity index (χ4v) is 4.63. The molecule has 1 aliphatic heterocycles. The topological polar surface area (TPSA) is 81.8 Å². The largest absolute Gasteiger partial charge is 0.463 e. The van der Waals surface area contributed by atoms with Gasteiger partial charge in [-0.25, -0.2) is 4.79 Å². The van der Waals surface area contributed by atoms with Crippen molar-refractivity contribution in [1.29, 1.82) is 0 Å².